The number of carbonyl (C=O) groups is 2. The summed E-state index contributed by atoms with van der Waals surface area (Å²) in [4.78, 5) is 31.7. The summed E-state index contributed by atoms with van der Waals surface area (Å²) < 4.78 is 5.88. The van der Waals surface area contributed by atoms with Crippen molar-refractivity contribution in [3.8, 4) is 11.5 Å². The van der Waals surface area contributed by atoms with Gasteiger partial charge in [0.2, 0.25) is 5.91 Å². The SMILES string of the molecule is O=C(CCN(C(=O)c1cccs1)c1nc(-c2cc3ccccc3o2)cs1)NCCO. The third-order valence-corrected chi connectivity index (χ3v) is 6.10. The Bertz CT molecular complexity index is 1120. The number of rotatable bonds is 8. The van der Waals surface area contributed by atoms with Crippen molar-refractivity contribution >= 4 is 50.6 Å². The number of aliphatic hydroxyl groups is 1. The van der Waals surface area contributed by atoms with E-state index < -0.39 is 0 Å². The highest BCUT2D eigenvalue weighted by Crippen LogP contribution is 2.32. The maximum Gasteiger partial charge on any atom is 0.270 e. The van der Waals surface area contributed by atoms with Gasteiger partial charge in [0.05, 0.1) is 11.5 Å². The highest BCUT2D eigenvalue weighted by molar-refractivity contribution is 7.14. The summed E-state index contributed by atoms with van der Waals surface area (Å²) in [7, 11) is 0. The predicted molar refractivity (Wildman–Crippen MR) is 118 cm³/mol. The van der Waals surface area contributed by atoms with Gasteiger partial charge in [0, 0.05) is 30.3 Å². The number of fused-ring (bicyclic) bond motifs is 1. The summed E-state index contributed by atoms with van der Waals surface area (Å²) in [5.74, 6) is 0.190. The number of benzene rings is 1. The van der Waals surface area contributed by atoms with E-state index in [0.717, 1.165) is 11.0 Å². The number of aromatic nitrogens is 1. The van der Waals surface area contributed by atoms with Crippen LogP contribution in [-0.2, 0) is 4.79 Å². The molecule has 3 aromatic heterocycles. The summed E-state index contributed by atoms with van der Waals surface area (Å²) in [6, 6.07) is 13.2. The quantitative estimate of drug-likeness (QED) is 0.434. The number of anilines is 1. The van der Waals surface area contributed by atoms with Gasteiger partial charge in [-0.2, -0.15) is 0 Å². The van der Waals surface area contributed by atoms with Gasteiger partial charge in [-0.3, -0.25) is 14.5 Å². The second kappa shape index (κ2) is 9.21. The number of hydrogen-bond donors (Lipinski definition) is 2. The van der Waals surface area contributed by atoms with Crippen molar-refractivity contribution in [2.75, 3.05) is 24.6 Å². The fourth-order valence-electron chi connectivity index (χ4n) is 2.92. The van der Waals surface area contributed by atoms with E-state index in [1.54, 1.807) is 6.07 Å². The van der Waals surface area contributed by atoms with E-state index in [1.807, 2.05) is 47.2 Å². The first kappa shape index (κ1) is 20.3. The molecule has 0 bridgehead atoms. The van der Waals surface area contributed by atoms with Crippen LogP contribution in [0.3, 0.4) is 0 Å². The first-order valence-electron chi connectivity index (χ1n) is 9.33. The van der Waals surface area contributed by atoms with E-state index in [2.05, 4.69) is 10.3 Å². The predicted octanol–water partition coefficient (Wildman–Crippen LogP) is 3.76. The molecular formula is C21H19N3O4S2. The van der Waals surface area contributed by atoms with Gasteiger partial charge < -0.3 is 14.8 Å². The van der Waals surface area contributed by atoms with Crippen LogP contribution in [0.25, 0.3) is 22.4 Å². The maximum atomic E-state index is 13.0. The number of para-hydroxylation sites is 1. The highest BCUT2D eigenvalue weighted by Gasteiger charge is 2.23. The third kappa shape index (κ3) is 4.43. The average Bonchev–Trinajstić information content (AvgIpc) is 3.52. The number of carbonyl (C=O) groups excluding carboxylic acids is 2. The van der Waals surface area contributed by atoms with Crippen LogP contribution < -0.4 is 10.2 Å². The molecule has 30 heavy (non-hydrogen) atoms. The monoisotopic (exact) mass is 441 g/mol. The van der Waals surface area contributed by atoms with Crippen LogP contribution in [0.4, 0.5) is 5.13 Å². The van der Waals surface area contributed by atoms with E-state index >= 15 is 0 Å². The Morgan fingerprint density at radius 1 is 1.17 bits per heavy atom. The van der Waals surface area contributed by atoms with Gasteiger partial charge in [-0.25, -0.2) is 4.98 Å². The van der Waals surface area contributed by atoms with Gasteiger partial charge >= 0.3 is 0 Å². The lowest BCUT2D eigenvalue weighted by Gasteiger charge is -2.19. The van der Waals surface area contributed by atoms with Crippen molar-refractivity contribution in [3.63, 3.8) is 0 Å². The molecule has 0 aliphatic rings. The summed E-state index contributed by atoms with van der Waals surface area (Å²) in [6.45, 7) is 0.239. The Labute approximate surface area is 180 Å². The maximum absolute atomic E-state index is 13.0. The molecule has 0 aliphatic carbocycles. The van der Waals surface area contributed by atoms with E-state index in [1.165, 1.54) is 27.6 Å². The molecule has 2 amide bonds. The Kier molecular flexibility index (Phi) is 6.22. The van der Waals surface area contributed by atoms with Gasteiger partial charge in [0.1, 0.15) is 11.3 Å². The smallest absolute Gasteiger partial charge is 0.270 e. The number of furan rings is 1. The molecule has 0 radical (unpaired) electrons. The van der Waals surface area contributed by atoms with E-state index in [0.29, 0.717) is 21.5 Å². The Morgan fingerprint density at radius 3 is 2.80 bits per heavy atom. The van der Waals surface area contributed by atoms with E-state index in [-0.39, 0.29) is 37.9 Å². The van der Waals surface area contributed by atoms with Crippen LogP contribution in [-0.4, -0.2) is 41.6 Å². The first-order valence-corrected chi connectivity index (χ1v) is 11.1. The molecule has 0 spiro atoms. The number of hydrogen-bond acceptors (Lipinski definition) is 7. The molecule has 1 aromatic carbocycles. The van der Waals surface area contributed by atoms with Gasteiger partial charge in [-0.15, -0.1) is 22.7 Å². The van der Waals surface area contributed by atoms with Crippen LogP contribution in [0, 0.1) is 0 Å². The zero-order chi connectivity index (χ0) is 20.9. The van der Waals surface area contributed by atoms with Crippen LogP contribution in [0.15, 0.2) is 57.6 Å². The number of nitrogens with zero attached hydrogens (tertiary/aromatic N) is 2. The fourth-order valence-corrected chi connectivity index (χ4v) is 4.43. The number of thiazole rings is 1. The lowest BCUT2D eigenvalue weighted by molar-refractivity contribution is -0.121. The van der Waals surface area contributed by atoms with Crippen molar-refractivity contribution < 1.29 is 19.1 Å². The van der Waals surface area contributed by atoms with Crippen molar-refractivity contribution in [1.82, 2.24) is 10.3 Å². The van der Waals surface area contributed by atoms with Gasteiger partial charge in [-0.1, -0.05) is 24.3 Å². The molecule has 0 unspecified atom stereocenters. The zero-order valence-corrected chi connectivity index (χ0v) is 17.5. The lowest BCUT2D eigenvalue weighted by Crippen LogP contribution is -2.35. The lowest BCUT2D eigenvalue weighted by atomic mass is 10.2. The Morgan fingerprint density at radius 2 is 2.03 bits per heavy atom. The summed E-state index contributed by atoms with van der Waals surface area (Å²) in [6.07, 6.45) is 0.108. The molecule has 0 saturated heterocycles. The molecule has 154 valence electrons. The molecular weight excluding hydrogens is 422 g/mol. The first-order chi connectivity index (χ1) is 14.7. The van der Waals surface area contributed by atoms with Gasteiger partial charge in [-0.05, 0) is 23.6 Å². The molecule has 0 saturated carbocycles. The standard InChI is InChI=1S/C21H19N3O4S2/c25-10-8-22-19(26)7-9-24(20(27)18-6-3-11-29-18)21-23-15(13-30-21)17-12-14-4-1-2-5-16(14)28-17/h1-6,11-13,25H,7-10H2,(H,22,26). The van der Waals surface area contributed by atoms with Crippen LogP contribution >= 0.6 is 22.7 Å². The van der Waals surface area contributed by atoms with Crippen LogP contribution in [0.5, 0.6) is 0 Å². The average molecular weight is 442 g/mol. The fraction of sp³-hybridized carbons (Fsp3) is 0.190. The number of aliphatic hydroxyl groups excluding tert-OH is 1. The van der Waals surface area contributed by atoms with E-state index in [9.17, 15) is 9.59 Å². The second-order valence-corrected chi connectivity index (χ2v) is 8.21. The Balaban J connectivity index is 1.58. The van der Waals surface area contributed by atoms with Crippen molar-refractivity contribution in [3.05, 3.63) is 58.1 Å². The number of amides is 2. The number of thiophene rings is 1. The van der Waals surface area contributed by atoms with Crippen molar-refractivity contribution in [1.29, 1.82) is 0 Å². The number of nitrogens with one attached hydrogen (secondary N) is 1. The van der Waals surface area contributed by atoms with Crippen LogP contribution in [0.2, 0.25) is 0 Å². The molecule has 4 aromatic rings. The van der Waals surface area contributed by atoms with Crippen molar-refractivity contribution in [2.45, 2.75) is 6.42 Å². The van der Waals surface area contributed by atoms with E-state index in [4.69, 9.17) is 9.52 Å². The molecule has 9 heteroatoms. The zero-order valence-electron chi connectivity index (χ0n) is 15.9. The summed E-state index contributed by atoms with van der Waals surface area (Å²) >= 11 is 2.67. The topological polar surface area (TPSA) is 95.7 Å². The van der Waals surface area contributed by atoms with Gasteiger partial charge in [0.25, 0.3) is 5.91 Å². The van der Waals surface area contributed by atoms with Crippen molar-refractivity contribution in [2.24, 2.45) is 0 Å². The minimum atomic E-state index is -0.234. The molecule has 0 fully saturated rings. The Hall–Kier alpha value is -3.01. The van der Waals surface area contributed by atoms with Crippen LogP contribution in [0.1, 0.15) is 16.1 Å². The minimum Gasteiger partial charge on any atom is -0.454 e. The summed E-state index contributed by atoms with van der Waals surface area (Å²) in [5.41, 5.74) is 1.41. The molecule has 0 aliphatic heterocycles. The normalized spacial score (nSPS) is 11.0. The minimum absolute atomic E-state index is 0.108. The largest absolute Gasteiger partial charge is 0.454 e. The highest BCUT2D eigenvalue weighted by atomic mass is 32.1. The van der Waals surface area contributed by atoms with Gasteiger partial charge in [0.15, 0.2) is 10.9 Å². The molecule has 4 rings (SSSR count). The third-order valence-electron chi connectivity index (χ3n) is 4.37. The summed E-state index contributed by atoms with van der Waals surface area (Å²) in [5, 5.41) is 16.6. The molecule has 2 N–H and O–H groups in total. The molecule has 7 nitrogen and oxygen atoms in total. The molecule has 3 heterocycles. The molecule has 0 atom stereocenters. The second-order valence-electron chi connectivity index (χ2n) is 6.42.